The summed E-state index contributed by atoms with van der Waals surface area (Å²) in [5.74, 6) is -0.328. The monoisotopic (exact) mass is 209 g/mol. The van der Waals surface area contributed by atoms with Crippen LogP contribution in [0.3, 0.4) is 0 Å². The van der Waals surface area contributed by atoms with Crippen molar-refractivity contribution < 1.29 is 9.53 Å². The first-order valence-electron chi connectivity index (χ1n) is 4.54. The van der Waals surface area contributed by atoms with Gasteiger partial charge in [0, 0.05) is 5.69 Å². The zero-order valence-corrected chi connectivity index (χ0v) is 8.78. The van der Waals surface area contributed by atoms with Gasteiger partial charge in [-0.2, -0.15) is 0 Å². The molecular formula is C10H15N3O2. The van der Waals surface area contributed by atoms with Crippen LogP contribution in [0.2, 0.25) is 0 Å². The summed E-state index contributed by atoms with van der Waals surface area (Å²) in [6.07, 6.45) is 0. The molecule has 1 aromatic rings. The zero-order valence-electron chi connectivity index (χ0n) is 8.78. The van der Waals surface area contributed by atoms with Crippen LogP contribution in [0.25, 0.3) is 0 Å². The van der Waals surface area contributed by atoms with Crippen molar-refractivity contribution in [3.05, 3.63) is 18.2 Å². The molecule has 1 atom stereocenters. The maximum Gasteiger partial charge on any atom is 0.327 e. The first kappa shape index (κ1) is 11.2. The van der Waals surface area contributed by atoms with Gasteiger partial charge in [0.1, 0.15) is 6.04 Å². The molecule has 0 spiro atoms. The molecule has 0 saturated heterocycles. The van der Waals surface area contributed by atoms with Crippen molar-refractivity contribution >= 4 is 23.0 Å². The van der Waals surface area contributed by atoms with Crippen LogP contribution in [0.15, 0.2) is 18.2 Å². The second kappa shape index (κ2) is 4.54. The number of hydrogen-bond donors (Lipinski definition) is 3. The number of benzene rings is 1. The van der Waals surface area contributed by atoms with E-state index in [0.717, 1.165) is 5.69 Å². The quantitative estimate of drug-likeness (QED) is 0.506. The highest BCUT2D eigenvalue weighted by Crippen LogP contribution is 2.20. The minimum Gasteiger partial charge on any atom is -0.467 e. The number of methoxy groups -OCH3 is 1. The van der Waals surface area contributed by atoms with Crippen LogP contribution < -0.4 is 16.8 Å². The van der Waals surface area contributed by atoms with Crippen LogP contribution in [0, 0.1) is 0 Å². The highest BCUT2D eigenvalue weighted by Gasteiger charge is 2.12. The molecule has 0 fully saturated rings. The van der Waals surface area contributed by atoms with Crippen molar-refractivity contribution in [2.24, 2.45) is 0 Å². The normalized spacial score (nSPS) is 11.9. The Bertz CT molecular complexity index is 366. The molecule has 0 aliphatic heterocycles. The van der Waals surface area contributed by atoms with Crippen molar-refractivity contribution in [2.75, 3.05) is 23.9 Å². The van der Waals surface area contributed by atoms with E-state index >= 15 is 0 Å². The topological polar surface area (TPSA) is 90.4 Å². The van der Waals surface area contributed by atoms with Gasteiger partial charge in [0.15, 0.2) is 0 Å². The Balaban J connectivity index is 2.73. The molecule has 0 aliphatic carbocycles. The van der Waals surface area contributed by atoms with Crippen LogP contribution >= 0.6 is 0 Å². The molecule has 0 bridgehead atoms. The van der Waals surface area contributed by atoms with E-state index in [1.807, 2.05) is 0 Å². The molecule has 15 heavy (non-hydrogen) atoms. The summed E-state index contributed by atoms with van der Waals surface area (Å²) in [6.45, 7) is 1.71. The molecule has 0 aliphatic rings. The van der Waals surface area contributed by atoms with Gasteiger partial charge in [0.2, 0.25) is 0 Å². The smallest absolute Gasteiger partial charge is 0.327 e. The number of hydrogen-bond acceptors (Lipinski definition) is 5. The van der Waals surface area contributed by atoms with Crippen LogP contribution in [0.4, 0.5) is 17.1 Å². The van der Waals surface area contributed by atoms with E-state index in [-0.39, 0.29) is 5.97 Å². The number of esters is 1. The van der Waals surface area contributed by atoms with Crippen molar-refractivity contribution in [1.82, 2.24) is 0 Å². The SMILES string of the molecule is COC(=O)C(C)Nc1ccc(N)c(N)c1. The molecule has 0 saturated carbocycles. The third-order valence-corrected chi connectivity index (χ3v) is 2.02. The molecule has 1 rings (SSSR count). The summed E-state index contributed by atoms with van der Waals surface area (Å²) in [7, 11) is 1.35. The highest BCUT2D eigenvalue weighted by atomic mass is 16.5. The Kier molecular flexibility index (Phi) is 3.38. The van der Waals surface area contributed by atoms with Gasteiger partial charge in [-0.3, -0.25) is 0 Å². The molecule has 82 valence electrons. The lowest BCUT2D eigenvalue weighted by Gasteiger charge is -2.13. The molecular weight excluding hydrogens is 194 g/mol. The largest absolute Gasteiger partial charge is 0.467 e. The van der Waals surface area contributed by atoms with Gasteiger partial charge in [-0.15, -0.1) is 0 Å². The number of nitrogen functional groups attached to an aromatic ring is 2. The second-order valence-electron chi connectivity index (χ2n) is 3.23. The van der Waals surface area contributed by atoms with Gasteiger partial charge in [0.25, 0.3) is 0 Å². The minimum atomic E-state index is -0.418. The van der Waals surface area contributed by atoms with E-state index < -0.39 is 6.04 Å². The van der Waals surface area contributed by atoms with Gasteiger partial charge < -0.3 is 21.5 Å². The summed E-state index contributed by atoms with van der Waals surface area (Å²) >= 11 is 0. The second-order valence-corrected chi connectivity index (χ2v) is 3.23. The van der Waals surface area contributed by atoms with Crippen LogP contribution in [0.5, 0.6) is 0 Å². The fourth-order valence-corrected chi connectivity index (χ4v) is 1.15. The number of nitrogens with one attached hydrogen (secondary N) is 1. The van der Waals surface area contributed by atoms with E-state index in [2.05, 4.69) is 10.1 Å². The number of nitrogens with two attached hydrogens (primary N) is 2. The van der Waals surface area contributed by atoms with E-state index in [1.165, 1.54) is 7.11 Å². The van der Waals surface area contributed by atoms with Crippen LogP contribution in [-0.2, 0) is 9.53 Å². The molecule has 5 N–H and O–H groups in total. The highest BCUT2D eigenvalue weighted by molar-refractivity contribution is 5.79. The molecule has 5 heteroatoms. The molecule has 1 aromatic carbocycles. The third-order valence-electron chi connectivity index (χ3n) is 2.02. The van der Waals surface area contributed by atoms with Gasteiger partial charge in [-0.25, -0.2) is 4.79 Å². The first-order valence-corrected chi connectivity index (χ1v) is 4.54. The number of anilines is 3. The van der Waals surface area contributed by atoms with Crippen LogP contribution in [0.1, 0.15) is 6.92 Å². The maximum atomic E-state index is 11.1. The molecule has 0 heterocycles. The lowest BCUT2D eigenvalue weighted by molar-refractivity contribution is -0.141. The molecule has 0 aromatic heterocycles. The predicted octanol–water partition coefficient (Wildman–Crippen LogP) is 0.824. The summed E-state index contributed by atoms with van der Waals surface area (Å²) in [5, 5.41) is 2.95. The fourth-order valence-electron chi connectivity index (χ4n) is 1.15. The molecule has 0 amide bonds. The Morgan fingerprint density at radius 2 is 2.07 bits per heavy atom. The van der Waals surface area contributed by atoms with Crippen LogP contribution in [-0.4, -0.2) is 19.1 Å². The zero-order chi connectivity index (χ0) is 11.4. The Morgan fingerprint density at radius 1 is 1.40 bits per heavy atom. The number of rotatable bonds is 3. The lowest BCUT2D eigenvalue weighted by atomic mass is 10.2. The van der Waals surface area contributed by atoms with Crippen molar-refractivity contribution in [3.63, 3.8) is 0 Å². The summed E-state index contributed by atoms with van der Waals surface area (Å²) in [4.78, 5) is 11.1. The first-order chi connectivity index (χ1) is 7.04. The minimum absolute atomic E-state index is 0.328. The molecule has 1 unspecified atom stereocenters. The Labute approximate surface area is 88.4 Å². The summed E-state index contributed by atoms with van der Waals surface area (Å²) < 4.78 is 4.58. The van der Waals surface area contributed by atoms with Gasteiger partial charge >= 0.3 is 5.97 Å². The lowest BCUT2D eigenvalue weighted by Crippen LogP contribution is -2.27. The van der Waals surface area contributed by atoms with E-state index in [0.29, 0.717) is 11.4 Å². The van der Waals surface area contributed by atoms with Gasteiger partial charge in [0.05, 0.1) is 18.5 Å². The average Bonchev–Trinajstić information content (AvgIpc) is 2.22. The maximum absolute atomic E-state index is 11.1. The Morgan fingerprint density at radius 3 is 2.60 bits per heavy atom. The molecule has 5 nitrogen and oxygen atoms in total. The van der Waals surface area contributed by atoms with E-state index in [9.17, 15) is 4.79 Å². The standard InChI is InChI=1S/C10H15N3O2/c1-6(10(14)15-2)13-7-3-4-8(11)9(12)5-7/h3-6,13H,11-12H2,1-2H3. The van der Waals surface area contributed by atoms with Crippen molar-refractivity contribution in [1.29, 1.82) is 0 Å². The number of carbonyl (C=O) groups excluding carboxylic acids is 1. The fraction of sp³-hybridized carbons (Fsp3) is 0.300. The summed E-state index contributed by atoms with van der Waals surface area (Å²) in [6, 6.07) is 4.69. The van der Waals surface area contributed by atoms with Gasteiger partial charge in [-0.05, 0) is 25.1 Å². The Hall–Kier alpha value is -1.91. The van der Waals surface area contributed by atoms with Crippen molar-refractivity contribution in [2.45, 2.75) is 13.0 Å². The third kappa shape index (κ3) is 2.77. The number of ether oxygens (including phenoxy) is 1. The summed E-state index contributed by atoms with van der Waals surface area (Å²) in [5.41, 5.74) is 12.9. The van der Waals surface area contributed by atoms with E-state index in [1.54, 1.807) is 25.1 Å². The average molecular weight is 209 g/mol. The van der Waals surface area contributed by atoms with E-state index in [4.69, 9.17) is 11.5 Å². The molecule has 0 radical (unpaired) electrons. The number of carbonyl (C=O) groups is 1. The predicted molar refractivity (Wildman–Crippen MR) is 60.4 cm³/mol. The van der Waals surface area contributed by atoms with Gasteiger partial charge in [-0.1, -0.05) is 0 Å². The van der Waals surface area contributed by atoms with Crippen molar-refractivity contribution in [3.8, 4) is 0 Å².